The van der Waals surface area contributed by atoms with Gasteiger partial charge >= 0.3 is 0 Å². The zero-order valence-corrected chi connectivity index (χ0v) is 13.1. The van der Waals surface area contributed by atoms with Crippen LogP contribution in [0.3, 0.4) is 0 Å². The molecule has 0 aromatic heterocycles. The summed E-state index contributed by atoms with van der Waals surface area (Å²) in [5.41, 5.74) is 2.02. The van der Waals surface area contributed by atoms with Gasteiger partial charge in [-0.2, -0.15) is 0 Å². The zero-order valence-electron chi connectivity index (χ0n) is 11.5. The van der Waals surface area contributed by atoms with Crippen molar-refractivity contribution in [3.05, 3.63) is 30.1 Å². The van der Waals surface area contributed by atoms with E-state index < -0.39 is 31.6 Å². The minimum absolute atomic E-state index is 0.0479. The monoisotopic (exact) mass is 350 g/mol. The molecular weight excluding hydrogens is 335 g/mol. The number of amides is 1. The van der Waals surface area contributed by atoms with Gasteiger partial charge < -0.3 is 0 Å². The number of benzene rings is 1. The molecule has 22 heavy (non-hydrogen) atoms. The third-order valence-electron chi connectivity index (χ3n) is 3.25. The first-order valence-corrected chi connectivity index (χ1v) is 9.75. The van der Waals surface area contributed by atoms with Gasteiger partial charge in [-0.15, -0.1) is 4.83 Å². The number of carbonyl (C=O) groups excluding carboxylic acids is 1. The standard InChI is InChI=1S/C12H15FN2O5S2/c13-10-1-3-11(4-2-10)22(19,20)15-14-12(16)7-9-5-6-21(17,18)8-9/h1-4,9,15H,5-8H2,(H,14,16)/t9-/m0/s1. The second-order valence-corrected chi connectivity index (χ2v) is 8.99. The van der Waals surface area contributed by atoms with Crippen molar-refractivity contribution >= 4 is 25.8 Å². The van der Waals surface area contributed by atoms with E-state index in [0.717, 1.165) is 24.3 Å². The summed E-state index contributed by atoms with van der Waals surface area (Å²) in [6.07, 6.45) is 0.311. The van der Waals surface area contributed by atoms with Gasteiger partial charge in [0.2, 0.25) is 5.91 Å². The molecule has 1 amide bonds. The first kappa shape index (κ1) is 16.8. The van der Waals surface area contributed by atoms with Crippen LogP contribution in [-0.4, -0.2) is 34.2 Å². The van der Waals surface area contributed by atoms with Crippen LogP contribution in [0.5, 0.6) is 0 Å². The maximum atomic E-state index is 12.7. The molecule has 10 heteroatoms. The van der Waals surface area contributed by atoms with Gasteiger partial charge in [0.15, 0.2) is 9.84 Å². The molecule has 1 heterocycles. The minimum Gasteiger partial charge on any atom is -0.278 e. The van der Waals surface area contributed by atoms with Crippen LogP contribution in [0.2, 0.25) is 0 Å². The predicted molar refractivity (Wildman–Crippen MR) is 76.2 cm³/mol. The molecule has 2 rings (SSSR count). The summed E-state index contributed by atoms with van der Waals surface area (Å²) in [7, 11) is -7.08. The molecule has 1 aliphatic heterocycles. The summed E-state index contributed by atoms with van der Waals surface area (Å²) >= 11 is 0. The minimum atomic E-state index is -4.00. The maximum absolute atomic E-state index is 12.7. The first-order chi connectivity index (χ1) is 10.2. The molecule has 2 N–H and O–H groups in total. The van der Waals surface area contributed by atoms with Crippen LogP contribution in [0.4, 0.5) is 4.39 Å². The van der Waals surface area contributed by atoms with Crippen molar-refractivity contribution in [3.63, 3.8) is 0 Å². The number of hydrogen-bond acceptors (Lipinski definition) is 5. The Morgan fingerprint density at radius 1 is 1.27 bits per heavy atom. The summed E-state index contributed by atoms with van der Waals surface area (Å²) < 4.78 is 59.0. The molecular formula is C12H15FN2O5S2. The average molecular weight is 350 g/mol. The van der Waals surface area contributed by atoms with Gasteiger partial charge in [0, 0.05) is 6.42 Å². The van der Waals surface area contributed by atoms with E-state index in [1.54, 1.807) is 0 Å². The Labute approximate surface area is 127 Å². The molecule has 0 spiro atoms. The zero-order chi connectivity index (χ0) is 16.4. The summed E-state index contributed by atoms with van der Waals surface area (Å²) in [5.74, 6) is -1.52. The largest absolute Gasteiger partial charge is 0.278 e. The van der Waals surface area contributed by atoms with Crippen LogP contribution < -0.4 is 10.3 Å². The highest BCUT2D eigenvalue weighted by Gasteiger charge is 2.29. The normalized spacial score (nSPS) is 20.7. The third kappa shape index (κ3) is 4.49. The quantitative estimate of drug-likeness (QED) is 0.724. The van der Waals surface area contributed by atoms with Crippen molar-refractivity contribution in [1.82, 2.24) is 10.3 Å². The number of nitrogens with one attached hydrogen (secondary N) is 2. The molecule has 1 fully saturated rings. The molecule has 0 aliphatic carbocycles. The van der Waals surface area contributed by atoms with Crippen molar-refractivity contribution in [3.8, 4) is 0 Å². The molecule has 1 aliphatic rings. The number of sulfone groups is 1. The molecule has 0 bridgehead atoms. The van der Waals surface area contributed by atoms with Crippen molar-refractivity contribution in [2.75, 3.05) is 11.5 Å². The summed E-state index contributed by atoms with van der Waals surface area (Å²) in [5, 5.41) is 0. The average Bonchev–Trinajstić information content (AvgIpc) is 2.76. The van der Waals surface area contributed by atoms with Crippen LogP contribution in [0.1, 0.15) is 12.8 Å². The van der Waals surface area contributed by atoms with E-state index in [-0.39, 0.29) is 28.7 Å². The Bertz CT molecular complexity index is 759. The molecule has 0 radical (unpaired) electrons. The van der Waals surface area contributed by atoms with E-state index in [4.69, 9.17) is 0 Å². The Morgan fingerprint density at radius 2 is 1.91 bits per heavy atom. The number of hydrazine groups is 1. The van der Waals surface area contributed by atoms with Crippen LogP contribution in [0, 0.1) is 11.7 Å². The maximum Gasteiger partial charge on any atom is 0.257 e. The highest BCUT2D eigenvalue weighted by molar-refractivity contribution is 7.91. The lowest BCUT2D eigenvalue weighted by Gasteiger charge is -2.10. The SMILES string of the molecule is O=C(C[C@@H]1CCS(=O)(=O)C1)NNS(=O)(=O)c1ccc(F)cc1. The van der Waals surface area contributed by atoms with Gasteiger partial charge in [0.1, 0.15) is 5.82 Å². The summed E-state index contributed by atoms with van der Waals surface area (Å²) in [6.45, 7) is 0. The molecule has 7 nitrogen and oxygen atoms in total. The van der Waals surface area contributed by atoms with Crippen LogP contribution in [0.15, 0.2) is 29.2 Å². The summed E-state index contributed by atoms with van der Waals surface area (Å²) in [4.78, 5) is 13.3. The van der Waals surface area contributed by atoms with E-state index in [9.17, 15) is 26.0 Å². The van der Waals surface area contributed by atoms with E-state index in [1.807, 2.05) is 10.3 Å². The van der Waals surface area contributed by atoms with E-state index in [0.29, 0.717) is 6.42 Å². The Balaban J connectivity index is 1.89. The molecule has 1 aromatic carbocycles. The molecule has 1 atom stereocenters. The molecule has 1 aromatic rings. The number of rotatable bonds is 5. The van der Waals surface area contributed by atoms with Gasteiger partial charge in [-0.1, -0.05) is 0 Å². The lowest BCUT2D eigenvalue weighted by Crippen LogP contribution is -2.42. The predicted octanol–water partition coefficient (Wildman–Crippen LogP) is -0.0400. The van der Waals surface area contributed by atoms with E-state index in [2.05, 4.69) is 0 Å². The van der Waals surface area contributed by atoms with Crippen molar-refractivity contribution < 1.29 is 26.0 Å². The Morgan fingerprint density at radius 3 is 2.45 bits per heavy atom. The van der Waals surface area contributed by atoms with E-state index in [1.165, 1.54) is 0 Å². The number of halogens is 1. The number of carbonyl (C=O) groups is 1. The molecule has 0 unspecified atom stereocenters. The van der Waals surface area contributed by atoms with Gasteiger partial charge in [-0.25, -0.2) is 21.2 Å². The molecule has 122 valence electrons. The van der Waals surface area contributed by atoms with Gasteiger partial charge in [-0.05, 0) is 36.6 Å². The molecule has 1 saturated heterocycles. The first-order valence-electron chi connectivity index (χ1n) is 6.45. The Kier molecular flexibility index (Phi) is 4.83. The summed E-state index contributed by atoms with van der Waals surface area (Å²) in [6, 6.07) is 4.10. The van der Waals surface area contributed by atoms with Gasteiger partial charge in [0.25, 0.3) is 10.0 Å². The third-order valence-corrected chi connectivity index (χ3v) is 6.35. The fraction of sp³-hybridized carbons (Fsp3) is 0.417. The van der Waals surface area contributed by atoms with E-state index >= 15 is 0 Å². The fourth-order valence-corrected chi connectivity index (χ4v) is 4.87. The highest BCUT2D eigenvalue weighted by Crippen LogP contribution is 2.21. The van der Waals surface area contributed by atoms with Crippen LogP contribution >= 0.6 is 0 Å². The highest BCUT2D eigenvalue weighted by atomic mass is 32.2. The molecule has 0 saturated carbocycles. The van der Waals surface area contributed by atoms with Crippen molar-refractivity contribution in [2.24, 2.45) is 5.92 Å². The van der Waals surface area contributed by atoms with Crippen LogP contribution in [-0.2, 0) is 24.7 Å². The smallest absolute Gasteiger partial charge is 0.257 e. The fourth-order valence-electron chi connectivity index (χ4n) is 2.14. The second-order valence-electron chi connectivity index (χ2n) is 5.08. The van der Waals surface area contributed by atoms with Crippen molar-refractivity contribution in [1.29, 1.82) is 0 Å². The van der Waals surface area contributed by atoms with Crippen LogP contribution in [0.25, 0.3) is 0 Å². The topological polar surface area (TPSA) is 109 Å². The second kappa shape index (κ2) is 6.31. The Hall–Kier alpha value is -1.52. The number of sulfonamides is 1. The van der Waals surface area contributed by atoms with Gasteiger partial charge in [-0.3, -0.25) is 10.2 Å². The lowest BCUT2D eigenvalue weighted by molar-refractivity contribution is -0.122. The number of hydrogen-bond donors (Lipinski definition) is 2. The van der Waals surface area contributed by atoms with Crippen molar-refractivity contribution in [2.45, 2.75) is 17.7 Å². The van der Waals surface area contributed by atoms with Gasteiger partial charge in [0.05, 0.1) is 16.4 Å². The lowest BCUT2D eigenvalue weighted by atomic mass is 10.1.